The molecule has 0 aliphatic heterocycles. The lowest BCUT2D eigenvalue weighted by molar-refractivity contribution is 0.251. The lowest BCUT2D eigenvalue weighted by atomic mass is 10.3. The number of urea groups is 1. The molecule has 3 heterocycles. The largest absolute Gasteiger partial charge is 0.461 e. The molecule has 0 aliphatic carbocycles. The quantitative estimate of drug-likeness (QED) is 0.764. The number of hydrogen-bond acceptors (Lipinski definition) is 4. The first-order valence-electron chi connectivity index (χ1n) is 6.02. The molecule has 20 heavy (non-hydrogen) atoms. The summed E-state index contributed by atoms with van der Waals surface area (Å²) >= 11 is 1.47. The SMILES string of the molecule is O=C(NCc1ccc(-c2ccco2)o1)Nc1cccs1. The Morgan fingerprint density at radius 1 is 1.15 bits per heavy atom. The maximum Gasteiger partial charge on any atom is 0.320 e. The van der Waals surface area contributed by atoms with Gasteiger partial charge < -0.3 is 14.2 Å². The van der Waals surface area contributed by atoms with Gasteiger partial charge in [0.2, 0.25) is 0 Å². The lowest BCUT2D eigenvalue weighted by Gasteiger charge is -2.03. The van der Waals surface area contributed by atoms with E-state index in [0.717, 1.165) is 5.00 Å². The predicted octanol–water partition coefficient (Wildman–Crippen LogP) is 3.92. The zero-order valence-electron chi connectivity index (χ0n) is 10.5. The van der Waals surface area contributed by atoms with E-state index in [0.29, 0.717) is 23.8 Å². The van der Waals surface area contributed by atoms with Crippen molar-refractivity contribution in [1.82, 2.24) is 5.32 Å². The van der Waals surface area contributed by atoms with Crippen molar-refractivity contribution in [3.05, 3.63) is 53.8 Å². The minimum Gasteiger partial charge on any atom is -0.461 e. The van der Waals surface area contributed by atoms with Gasteiger partial charge in [-0.3, -0.25) is 5.32 Å². The molecule has 3 aromatic heterocycles. The Kier molecular flexibility index (Phi) is 3.56. The molecule has 2 N–H and O–H groups in total. The van der Waals surface area contributed by atoms with Crippen LogP contribution in [0.2, 0.25) is 0 Å². The molecule has 0 radical (unpaired) electrons. The van der Waals surface area contributed by atoms with Gasteiger partial charge in [0.1, 0.15) is 5.76 Å². The molecule has 0 atom stereocenters. The Balaban J connectivity index is 1.55. The minimum atomic E-state index is -0.261. The minimum absolute atomic E-state index is 0.261. The number of hydrogen-bond donors (Lipinski definition) is 2. The second kappa shape index (κ2) is 5.66. The zero-order chi connectivity index (χ0) is 13.8. The van der Waals surface area contributed by atoms with Crippen LogP contribution in [0.3, 0.4) is 0 Å². The van der Waals surface area contributed by atoms with Crippen LogP contribution in [-0.2, 0) is 6.54 Å². The van der Waals surface area contributed by atoms with Gasteiger partial charge in [0.15, 0.2) is 11.5 Å². The molecule has 0 saturated heterocycles. The van der Waals surface area contributed by atoms with Crippen molar-refractivity contribution in [1.29, 1.82) is 0 Å². The van der Waals surface area contributed by atoms with Crippen molar-refractivity contribution in [2.24, 2.45) is 0 Å². The van der Waals surface area contributed by atoms with Gasteiger partial charge in [-0.05, 0) is 41.8 Å². The highest BCUT2D eigenvalue weighted by Crippen LogP contribution is 2.22. The van der Waals surface area contributed by atoms with Gasteiger partial charge in [-0.25, -0.2) is 4.79 Å². The van der Waals surface area contributed by atoms with Crippen LogP contribution in [0.1, 0.15) is 5.76 Å². The summed E-state index contributed by atoms with van der Waals surface area (Å²) in [5.41, 5.74) is 0. The maximum absolute atomic E-state index is 11.6. The van der Waals surface area contributed by atoms with Crippen LogP contribution in [0.15, 0.2) is 56.9 Å². The summed E-state index contributed by atoms with van der Waals surface area (Å²) < 4.78 is 10.8. The first-order chi connectivity index (χ1) is 9.81. The topological polar surface area (TPSA) is 67.4 Å². The number of thiophene rings is 1. The van der Waals surface area contributed by atoms with Crippen LogP contribution >= 0.6 is 11.3 Å². The van der Waals surface area contributed by atoms with E-state index >= 15 is 0 Å². The van der Waals surface area contributed by atoms with Crippen LogP contribution < -0.4 is 10.6 Å². The number of nitrogens with one attached hydrogen (secondary N) is 2. The molecule has 2 amide bonds. The average molecular weight is 288 g/mol. The fourth-order valence-corrected chi connectivity index (χ4v) is 2.31. The number of rotatable bonds is 4. The van der Waals surface area contributed by atoms with Crippen molar-refractivity contribution in [2.45, 2.75) is 6.54 Å². The second-order valence-corrected chi connectivity index (χ2v) is 4.98. The van der Waals surface area contributed by atoms with Gasteiger partial charge in [0, 0.05) is 0 Å². The molecule has 0 spiro atoms. The third-order valence-corrected chi connectivity index (χ3v) is 3.39. The molecule has 0 aromatic carbocycles. The smallest absolute Gasteiger partial charge is 0.320 e. The van der Waals surface area contributed by atoms with Crippen molar-refractivity contribution in [3.63, 3.8) is 0 Å². The zero-order valence-corrected chi connectivity index (χ0v) is 11.3. The van der Waals surface area contributed by atoms with Crippen molar-refractivity contribution in [2.75, 3.05) is 5.32 Å². The van der Waals surface area contributed by atoms with Crippen molar-refractivity contribution >= 4 is 22.4 Å². The molecule has 3 rings (SSSR count). The highest BCUT2D eigenvalue weighted by atomic mass is 32.1. The van der Waals surface area contributed by atoms with Gasteiger partial charge in [0.25, 0.3) is 0 Å². The van der Waals surface area contributed by atoms with Crippen LogP contribution in [0.4, 0.5) is 9.80 Å². The third kappa shape index (κ3) is 2.92. The van der Waals surface area contributed by atoms with E-state index in [1.807, 2.05) is 35.7 Å². The lowest BCUT2D eigenvalue weighted by Crippen LogP contribution is -2.27. The van der Waals surface area contributed by atoms with Crippen LogP contribution in [-0.4, -0.2) is 6.03 Å². The molecule has 6 heteroatoms. The Morgan fingerprint density at radius 2 is 2.10 bits per heavy atom. The number of furan rings is 2. The fraction of sp³-hybridized carbons (Fsp3) is 0.0714. The second-order valence-electron chi connectivity index (χ2n) is 4.03. The molecule has 0 unspecified atom stereocenters. The summed E-state index contributed by atoms with van der Waals surface area (Å²) in [6.45, 7) is 0.317. The molecule has 5 nitrogen and oxygen atoms in total. The van der Waals surface area contributed by atoms with E-state index < -0.39 is 0 Å². The van der Waals surface area contributed by atoms with Gasteiger partial charge in [-0.2, -0.15) is 0 Å². The Morgan fingerprint density at radius 3 is 2.85 bits per heavy atom. The molecule has 3 aromatic rings. The summed E-state index contributed by atoms with van der Waals surface area (Å²) in [6.07, 6.45) is 1.59. The van der Waals surface area contributed by atoms with E-state index in [1.165, 1.54) is 11.3 Å². The average Bonchev–Trinajstić information content (AvgIpc) is 3.18. The fourth-order valence-electron chi connectivity index (χ4n) is 1.70. The molecule has 102 valence electrons. The highest BCUT2D eigenvalue weighted by molar-refractivity contribution is 7.14. The molecular formula is C14H12N2O3S. The van der Waals surface area contributed by atoms with Gasteiger partial charge >= 0.3 is 6.03 Å². The summed E-state index contributed by atoms with van der Waals surface area (Å²) in [5, 5.41) is 8.17. The van der Waals surface area contributed by atoms with E-state index in [2.05, 4.69) is 10.6 Å². The number of carbonyl (C=O) groups is 1. The summed E-state index contributed by atoms with van der Waals surface area (Å²) in [4.78, 5) is 11.6. The molecule has 0 saturated carbocycles. The van der Waals surface area contributed by atoms with Gasteiger partial charge in [-0.1, -0.05) is 0 Å². The van der Waals surface area contributed by atoms with Crippen LogP contribution in [0.25, 0.3) is 11.5 Å². The van der Waals surface area contributed by atoms with E-state index in [4.69, 9.17) is 8.83 Å². The van der Waals surface area contributed by atoms with Crippen LogP contribution in [0, 0.1) is 0 Å². The van der Waals surface area contributed by atoms with Gasteiger partial charge in [-0.15, -0.1) is 11.3 Å². The normalized spacial score (nSPS) is 10.4. The molecular weight excluding hydrogens is 276 g/mol. The Bertz CT molecular complexity index is 671. The first-order valence-corrected chi connectivity index (χ1v) is 6.90. The molecule has 0 bridgehead atoms. The monoisotopic (exact) mass is 288 g/mol. The number of anilines is 1. The number of carbonyl (C=O) groups excluding carboxylic acids is 1. The molecule has 0 aliphatic rings. The van der Waals surface area contributed by atoms with Crippen LogP contribution in [0.5, 0.6) is 0 Å². The Hall–Kier alpha value is -2.47. The standard InChI is InChI=1S/C14H12N2O3S/c17-14(16-13-4-2-8-20-13)15-9-10-5-6-12(19-10)11-3-1-7-18-11/h1-8H,9H2,(H2,15,16,17). The van der Waals surface area contributed by atoms with Crippen molar-refractivity contribution in [3.8, 4) is 11.5 Å². The highest BCUT2D eigenvalue weighted by Gasteiger charge is 2.08. The first kappa shape index (κ1) is 12.6. The number of amides is 2. The van der Waals surface area contributed by atoms with E-state index in [9.17, 15) is 4.79 Å². The van der Waals surface area contributed by atoms with Crippen molar-refractivity contribution < 1.29 is 13.6 Å². The Labute approximate surface area is 119 Å². The predicted molar refractivity (Wildman–Crippen MR) is 76.6 cm³/mol. The summed E-state index contributed by atoms with van der Waals surface area (Å²) in [7, 11) is 0. The van der Waals surface area contributed by atoms with E-state index in [-0.39, 0.29) is 6.03 Å². The van der Waals surface area contributed by atoms with E-state index in [1.54, 1.807) is 12.3 Å². The van der Waals surface area contributed by atoms with Gasteiger partial charge in [0.05, 0.1) is 17.8 Å². The third-order valence-electron chi connectivity index (χ3n) is 2.61. The summed E-state index contributed by atoms with van der Waals surface area (Å²) in [5.74, 6) is 1.97. The summed E-state index contributed by atoms with van der Waals surface area (Å²) in [6, 6.07) is 10.7. The maximum atomic E-state index is 11.6. The molecule has 0 fully saturated rings.